The molecule has 2 amide bonds. The number of hydrogen-bond donors (Lipinski definition) is 2. The largest absolute Gasteiger partial charge is 0.440 e. The number of hydrogen-bond acceptors (Lipinski definition) is 5. The van der Waals surface area contributed by atoms with Crippen molar-refractivity contribution in [2.45, 2.75) is 26.8 Å². The molecule has 26 heavy (non-hydrogen) atoms. The number of anilines is 1. The normalized spacial score (nSPS) is 11.8. The van der Waals surface area contributed by atoms with Gasteiger partial charge >= 0.3 is 0 Å². The van der Waals surface area contributed by atoms with Crippen LogP contribution in [0.1, 0.15) is 41.7 Å². The van der Waals surface area contributed by atoms with Gasteiger partial charge in [-0.25, -0.2) is 4.98 Å². The fraction of sp³-hybridized carbons (Fsp3) is 0.211. The summed E-state index contributed by atoms with van der Waals surface area (Å²) in [4.78, 5) is 29.0. The van der Waals surface area contributed by atoms with Crippen molar-refractivity contribution < 1.29 is 14.0 Å². The maximum atomic E-state index is 12.6. The van der Waals surface area contributed by atoms with Crippen LogP contribution in [0.3, 0.4) is 0 Å². The lowest BCUT2D eigenvalue weighted by atomic mass is 10.1. The highest BCUT2D eigenvalue weighted by Crippen LogP contribution is 2.26. The average Bonchev–Trinajstić information content (AvgIpc) is 3.23. The molecule has 7 heteroatoms. The Morgan fingerprint density at radius 1 is 1.23 bits per heavy atom. The van der Waals surface area contributed by atoms with Gasteiger partial charge in [-0.15, -0.1) is 11.3 Å². The molecule has 1 aromatic carbocycles. The van der Waals surface area contributed by atoms with Crippen LogP contribution in [0.4, 0.5) is 5.69 Å². The molecule has 3 aromatic rings. The van der Waals surface area contributed by atoms with Crippen molar-refractivity contribution in [3.05, 3.63) is 58.8 Å². The maximum absolute atomic E-state index is 12.6. The molecule has 0 aliphatic heterocycles. The molecule has 0 saturated carbocycles. The van der Waals surface area contributed by atoms with Crippen LogP contribution in [0.2, 0.25) is 0 Å². The first-order valence-corrected chi connectivity index (χ1v) is 9.01. The zero-order valence-corrected chi connectivity index (χ0v) is 15.5. The molecule has 0 aliphatic rings. The highest BCUT2D eigenvalue weighted by molar-refractivity contribution is 7.13. The number of rotatable bonds is 5. The Morgan fingerprint density at radius 2 is 2.04 bits per heavy atom. The smallest absolute Gasteiger partial charge is 0.274 e. The summed E-state index contributed by atoms with van der Waals surface area (Å²) in [5.41, 5.74) is 1.84. The molecule has 0 bridgehead atoms. The van der Waals surface area contributed by atoms with Gasteiger partial charge in [0.15, 0.2) is 5.69 Å². The molecule has 0 saturated heterocycles. The van der Waals surface area contributed by atoms with Crippen LogP contribution in [-0.4, -0.2) is 16.8 Å². The lowest BCUT2D eigenvalue weighted by Crippen LogP contribution is -2.27. The first kappa shape index (κ1) is 17.9. The number of thiophene rings is 1. The van der Waals surface area contributed by atoms with Crippen LogP contribution in [-0.2, 0) is 4.79 Å². The molecular weight excluding hydrogens is 350 g/mol. The summed E-state index contributed by atoms with van der Waals surface area (Å²) < 4.78 is 5.62. The van der Waals surface area contributed by atoms with Crippen LogP contribution in [0.15, 0.2) is 46.2 Å². The van der Waals surface area contributed by atoms with Gasteiger partial charge in [0.1, 0.15) is 5.76 Å². The summed E-state index contributed by atoms with van der Waals surface area (Å²) in [5, 5.41) is 7.59. The Hall–Kier alpha value is -2.93. The number of benzene rings is 1. The fourth-order valence-corrected chi connectivity index (χ4v) is 3.20. The van der Waals surface area contributed by atoms with Crippen LogP contribution >= 0.6 is 11.3 Å². The second kappa shape index (κ2) is 7.53. The monoisotopic (exact) mass is 369 g/mol. The minimum Gasteiger partial charge on any atom is -0.440 e. The Balaban J connectivity index is 1.75. The van der Waals surface area contributed by atoms with Crippen molar-refractivity contribution >= 4 is 28.8 Å². The zero-order chi connectivity index (χ0) is 18.7. The van der Waals surface area contributed by atoms with E-state index in [9.17, 15) is 9.59 Å². The summed E-state index contributed by atoms with van der Waals surface area (Å²) in [6.45, 7) is 5.05. The molecule has 0 spiro atoms. The van der Waals surface area contributed by atoms with Crippen LogP contribution in [0.5, 0.6) is 0 Å². The summed E-state index contributed by atoms with van der Waals surface area (Å²) in [6.07, 6.45) is 0. The van der Waals surface area contributed by atoms with E-state index in [0.29, 0.717) is 17.3 Å². The molecule has 0 radical (unpaired) electrons. The summed E-state index contributed by atoms with van der Waals surface area (Å²) in [6, 6.07) is 10.9. The standard InChI is InChI=1S/C19H19N3O3S/c1-11(14-6-4-7-15(10-14)21-13(3)23)20-18(24)17-12(2)25-19(22-17)16-8-5-9-26-16/h4-11H,1-3H3,(H,20,24)(H,21,23). The molecule has 1 unspecified atom stereocenters. The number of carbonyl (C=O) groups is 2. The molecule has 6 nitrogen and oxygen atoms in total. The zero-order valence-electron chi connectivity index (χ0n) is 14.7. The van der Waals surface area contributed by atoms with E-state index in [1.165, 1.54) is 18.3 Å². The van der Waals surface area contributed by atoms with Gasteiger partial charge in [-0.05, 0) is 43.0 Å². The van der Waals surface area contributed by atoms with E-state index < -0.39 is 0 Å². The third-order valence-electron chi connectivity index (χ3n) is 3.80. The van der Waals surface area contributed by atoms with E-state index >= 15 is 0 Å². The summed E-state index contributed by atoms with van der Waals surface area (Å²) in [5.74, 6) is 0.484. The Bertz CT molecular complexity index is 931. The van der Waals surface area contributed by atoms with E-state index in [2.05, 4.69) is 15.6 Å². The lowest BCUT2D eigenvalue weighted by Gasteiger charge is -2.15. The highest BCUT2D eigenvalue weighted by Gasteiger charge is 2.20. The minimum atomic E-state index is -0.300. The van der Waals surface area contributed by atoms with Gasteiger partial charge in [0.05, 0.1) is 10.9 Å². The number of carbonyl (C=O) groups excluding carboxylic acids is 2. The van der Waals surface area contributed by atoms with E-state index in [1.54, 1.807) is 13.0 Å². The van der Waals surface area contributed by atoms with Crippen molar-refractivity contribution in [1.82, 2.24) is 10.3 Å². The van der Waals surface area contributed by atoms with Crippen LogP contribution in [0, 0.1) is 6.92 Å². The Labute approximate surface area is 155 Å². The maximum Gasteiger partial charge on any atom is 0.274 e. The van der Waals surface area contributed by atoms with E-state index in [4.69, 9.17) is 4.42 Å². The van der Waals surface area contributed by atoms with Gasteiger partial charge in [0, 0.05) is 12.6 Å². The quantitative estimate of drug-likeness (QED) is 0.707. The lowest BCUT2D eigenvalue weighted by molar-refractivity contribution is -0.114. The van der Waals surface area contributed by atoms with Crippen molar-refractivity contribution in [3.8, 4) is 10.8 Å². The predicted molar refractivity (Wildman–Crippen MR) is 101 cm³/mol. The Kier molecular flexibility index (Phi) is 5.18. The Morgan fingerprint density at radius 3 is 2.73 bits per heavy atom. The molecular formula is C19H19N3O3S. The van der Waals surface area contributed by atoms with Gasteiger partial charge in [0.25, 0.3) is 5.91 Å². The number of amides is 2. The van der Waals surface area contributed by atoms with E-state index in [1.807, 2.05) is 42.6 Å². The van der Waals surface area contributed by atoms with Crippen LogP contribution in [0.25, 0.3) is 10.8 Å². The average molecular weight is 369 g/mol. The van der Waals surface area contributed by atoms with Crippen molar-refractivity contribution in [3.63, 3.8) is 0 Å². The van der Waals surface area contributed by atoms with Crippen molar-refractivity contribution in [2.24, 2.45) is 0 Å². The molecule has 0 fully saturated rings. The first-order chi connectivity index (χ1) is 12.4. The van der Waals surface area contributed by atoms with E-state index in [0.717, 1.165) is 10.4 Å². The molecule has 2 N–H and O–H groups in total. The van der Waals surface area contributed by atoms with Crippen molar-refractivity contribution in [2.75, 3.05) is 5.32 Å². The first-order valence-electron chi connectivity index (χ1n) is 8.13. The second-order valence-electron chi connectivity index (χ2n) is 5.90. The van der Waals surface area contributed by atoms with Crippen molar-refractivity contribution in [1.29, 1.82) is 0 Å². The van der Waals surface area contributed by atoms with Gasteiger partial charge in [-0.2, -0.15) is 0 Å². The number of aromatic nitrogens is 1. The molecule has 0 aliphatic carbocycles. The molecule has 2 heterocycles. The summed E-state index contributed by atoms with van der Waals surface area (Å²) >= 11 is 1.50. The third-order valence-corrected chi connectivity index (χ3v) is 4.66. The second-order valence-corrected chi connectivity index (χ2v) is 6.85. The number of oxazole rings is 1. The minimum absolute atomic E-state index is 0.141. The van der Waals surface area contributed by atoms with Gasteiger partial charge in [0.2, 0.25) is 11.8 Å². The summed E-state index contributed by atoms with van der Waals surface area (Å²) in [7, 11) is 0. The highest BCUT2D eigenvalue weighted by atomic mass is 32.1. The predicted octanol–water partition coefficient (Wildman–Crippen LogP) is 4.16. The molecule has 2 aromatic heterocycles. The fourth-order valence-electron chi connectivity index (χ4n) is 2.55. The van der Waals surface area contributed by atoms with E-state index in [-0.39, 0.29) is 23.6 Å². The molecule has 134 valence electrons. The van der Waals surface area contributed by atoms with Gasteiger partial charge < -0.3 is 15.1 Å². The molecule has 1 atom stereocenters. The SMILES string of the molecule is CC(=O)Nc1cccc(C(C)NC(=O)c2nc(-c3cccs3)oc2C)c1. The number of nitrogens with one attached hydrogen (secondary N) is 2. The van der Waals surface area contributed by atoms with Crippen LogP contribution < -0.4 is 10.6 Å². The number of aryl methyl sites for hydroxylation is 1. The number of nitrogens with zero attached hydrogens (tertiary/aromatic N) is 1. The van der Waals surface area contributed by atoms with Gasteiger partial charge in [-0.3, -0.25) is 9.59 Å². The molecule has 3 rings (SSSR count). The topological polar surface area (TPSA) is 84.2 Å². The van der Waals surface area contributed by atoms with Gasteiger partial charge in [-0.1, -0.05) is 18.2 Å². The third kappa shape index (κ3) is 4.00.